The van der Waals surface area contributed by atoms with E-state index in [1.54, 1.807) is 0 Å². The Balaban J connectivity index is 4.11. The van der Waals surface area contributed by atoms with Gasteiger partial charge in [0, 0.05) is 0 Å². The van der Waals surface area contributed by atoms with Crippen molar-refractivity contribution in [2.45, 2.75) is 69.9 Å². The number of rotatable bonds is 9. The average molecular weight is 294 g/mol. The molecule has 4 atom stereocenters. The van der Waals surface area contributed by atoms with E-state index in [9.17, 15) is 15.3 Å². The molecule has 118 valence electrons. The van der Waals surface area contributed by atoms with Crippen LogP contribution >= 0.6 is 0 Å². The number of aliphatic hydroxyl groups excluding tert-OH is 4. The molecule has 0 saturated heterocycles. The van der Waals surface area contributed by atoms with Gasteiger partial charge in [-0.25, -0.2) is 0 Å². The lowest BCUT2D eigenvalue weighted by Gasteiger charge is -2.19. The van der Waals surface area contributed by atoms with Crippen LogP contribution in [0.3, 0.4) is 0 Å². The van der Waals surface area contributed by atoms with Crippen molar-refractivity contribution in [1.29, 1.82) is 0 Å². The Hall–Kier alpha value is -1.30. The smallest absolute Gasteiger partial charge is 0.144 e. The third-order valence-corrected chi connectivity index (χ3v) is 3.05. The van der Waals surface area contributed by atoms with Gasteiger partial charge in [0.2, 0.25) is 0 Å². The molecule has 0 rings (SSSR count). The van der Waals surface area contributed by atoms with Crippen LogP contribution in [0.15, 0.2) is 12.7 Å². The Morgan fingerprint density at radius 1 is 0.952 bits per heavy atom. The second kappa shape index (κ2) is 12.4. The minimum Gasteiger partial charge on any atom is -0.390 e. The zero-order valence-electron chi connectivity index (χ0n) is 12.6. The van der Waals surface area contributed by atoms with Gasteiger partial charge in [-0.05, 0) is 18.3 Å². The number of hydrogen-bond acceptors (Lipinski definition) is 4. The molecule has 0 radical (unpaired) electrons. The summed E-state index contributed by atoms with van der Waals surface area (Å²) in [6, 6.07) is 0. The lowest BCUT2D eigenvalue weighted by molar-refractivity contribution is -0.0415. The van der Waals surface area contributed by atoms with Crippen molar-refractivity contribution in [3.05, 3.63) is 12.7 Å². The molecule has 0 aromatic carbocycles. The normalized spacial score (nSPS) is 15.7. The van der Waals surface area contributed by atoms with E-state index in [4.69, 9.17) is 5.11 Å². The summed E-state index contributed by atoms with van der Waals surface area (Å²) in [5, 5.41) is 38.2. The summed E-state index contributed by atoms with van der Waals surface area (Å²) in [4.78, 5) is 0. The van der Waals surface area contributed by atoms with Gasteiger partial charge in [0.15, 0.2) is 0 Å². The zero-order valence-corrected chi connectivity index (χ0v) is 12.6. The largest absolute Gasteiger partial charge is 0.390 e. The summed E-state index contributed by atoms with van der Waals surface area (Å²) < 4.78 is 0. The number of unbranched alkanes of at least 4 members (excludes halogenated alkanes) is 4. The first-order chi connectivity index (χ1) is 10.0. The van der Waals surface area contributed by atoms with Gasteiger partial charge >= 0.3 is 0 Å². The Morgan fingerprint density at radius 3 is 2.19 bits per heavy atom. The number of aliphatic hydroxyl groups is 4. The third-order valence-electron chi connectivity index (χ3n) is 3.05. The molecule has 0 saturated carbocycles. The van der Waals surface area contributed by atoms with Gasteiger partial charge in [0.05, 0.1) is 6.10 Å². The van der Waals surface area contributed by atoms with Crippen molar-refractivity contribution < 1.29 is 20.4 Å². The number of hydrogen-bond donors (Lipinski definition) is 4. The molecular formula is C17H26O4. The third kappa shape index (κ3) is 10.1. The second-order valence-electron chi connectivity index (χ2n) is 4.92. The van der Waals surface area contributed by atoms with Crippen molar-refractivity contribution >= 4 is 0 Å². The molecule has 0 spiro atoms. The quantitative estimate of drug-likeness (QED) is 0.290. The molecule has 4 nitrogen and oxygen atoms in total. The lowest BCUT2D eigenvalue weighted by atomic mass is 10.0. The maximum Gasteiger partial charge on any atom is 0.144 e. The summed E-state index contributed by atoms with van der Waals surface area (Å²) in [6.07, 6.45) is 2.31. The molecular weight excluding hydrogens is 268 g/mol. The molecule has 0 heterocycles. The van der Waals surface area contributed by atoms with Crippen LogP contribution < -0.4 is 0 Å². The van der Waals surface area contributed by atoms with Crippen LogP contribution in [0.5, 0.6) is 0 Å². The Morgan fingerprint density at radius 2 is 1.57 bits per heavy atom. The molecule has 21 heavy (non-hydrogen) atoms. The first-order valence-electron chi connectivity index (χ1n) is 7.38. The standard InChI is InChI=1S/C17H26O4/c1-3-5-6-7-8-12-15(19)17(21)16(20)13-10-9-11-14(18)4-2/h4,14-21H,2-3,5-8,12H2,1H3. The monoisotopic (exact) mass is 294 g/mol. The van der Waals surface area contributed by atoms with E-state index in [0.29, 0.717) is 6.42 Å². The average Bonchev–Trinajstić information content (AvgIpc) is 2.49. The first-order valence-corrected chi connectivity index (χ1v) is 7.38. The van der Waals surface area contributed by atoms with E-state index >= 15 is 0 Å². The molecule has 0 aromatic heterocycles. The highest BCUT2D eigenvalue weighted by atomic mass is 16.4. The maximum absolute atomic E-state index is 9.76. The van der Waals surface area contributed by atoms with Crippen molar-refractivity contribution in [2.75, 3.05) is 0 Å². The molecule has 4 unspecified atom stereocenters. The van der Waals surface area contributed by atoms with Crippen LogP contribution in [0, 0.1) is 23.7 Å². The van der Waals surface area contributed by atoms with Crippen molar-refractivity contribution in [3.8, 4) is 23.7 Å². The minimum absolute atomic E-state index is 0.435. The van der Waals surface area contributed by atoms with Crippen molar-refractivity contribution in [1.82, 2.24) is 0 Å². The second-order valence-corrected chi connectivity index (χ2v) is 4.92. The fourth-order valence-electron chi connectivity index (χ4n) is 1.70. The maximum atomic E-state index is 9.76. The molecule has 0 bridgehead atoms. The molecule has 0 amide bonds. The van der Waals surface area contributed by atoms with Crippen molar-refractivity contribution in [2.24, 2.45) is 0 Å². The van der Waals surface area contributed by atoms with Gasteiger partial charge in [-0.1, -0.05) is 63.5 Å². The van der Waals surface area contributed by atoms with Gasteiger partial charge in [0.25, 0.3) is 0 Å². The fourth-order valence-corrected chi connectivity index (χ4v) is 1.70. The summed E-state index contributed by atoms with van der Waals surface area (Å²) in [5.74, 6) is 9.37. The molecule has 4 heteroatoms. The van der Waals surface area contributed by atoms with Gasteiger partial charge in [0.1, 0.15) is 18.3 Å². The molecule has 0 aromatic rings. The molecule has 0 aliphatic rings. The van der Waals surface area contributed by atoms with Crippen LogP contribution in [-0.2, 0) is 0 Å². The van der Waals surface area contributed by atoms with Crippen LogP contribution in [0.4, 0.5) is 0 Å². The fraction of sp³-hybridized carbons (Fsp3) is 0.647. The topological polar surface area (TPSA) is 80.9 Å². The zero-order chi connectivity index (χ0) is 16.1. The van der Waals surface area contributed by atoms with E-state index in [0.717, 1.165) is 25.7 Å². The molecule has 4 N–H and O–H groups in total. The molecule has 0 fully saturated rings. The molecule has 0 aliphatic heterocycles. The van der Waals surface area contributed by atoms with Crippen LogP contribution in [0.25, 0.3) is 0 Å². The van der Waals surface area contributed by atoms with Gasteiger partial charge in [-0.2, -0.15) is 0 Å². The van der Waals surface area contributed by atoms with E-state index in [-0.39, 0.29) is 0 Å². The predicted molar refractivity (Wildman–Crippen MR) is 83.2 cm³/mol. The van der Waals surface area contributed by atoms with Crippen LogP contribution in [0.2, 0.25) is 0 Å². The Kier molecular flexibility index (Phi) is 11.7. The lowest BCUT2D eigenvalue weighted by Crippen LogP contribution is -2.36. The van der Waals surface area contributed by atoms with E-state index in [1.807, 2.05) is 0 Å². The summed E-state index contributed by atoms with van der Waals surface area (Å²) in [7, 11) is 0. The summed E-state index contributed by atoms with van der Waals surface area (Å²) in [5.41, 5.74) is 0. The van der Waals surface area contributed by atoms with E-state index in [1.165, 1.54) is 12.5 Å². The summed E-state index contributed by atoms with van der Waals surface area (Å²) >= 11 is 0. The first kappa shape index (κ1) is 19.7. The van der Waals surface area contributed by atoms with Gasteiger partial charge < -0.3 is 20.4 Å². The Bertz CT molecular complexity index is 396. The highest BCUT2D eigenvalue weighted by Gasteiger charge is 2.22. The van der Waals surface area contributed by atoms with Crippen molar-refractivity contribution in [3.63, 3.8) is 0 Å². The van der Waals surface area contributed by atoms with Gasteiger partial charge in [-0.15, -0.1) is 0 Å². The Labute approximate surface area is 127 Å². The van der Waals surface area contributed by atoms with Crippen LogP contribution in [-0.4, -0.2) is 44.8 Å². The van der Waals surface area contributed by atoms with E-state index in [2.05, 4.69) is 37.2 Å². The minimum atomic E-state index is -1.36. The molecule has 0 aliphatic carbocycles. The van der Waals surface area contributed by atoms with Gasteiger partial charge in [-0.3, -0.25) is 0 Å². The highest BCUT2D eigenvalue weighted by Crippen LogP contribution is 2.11. The SMILES string of the molecule is C=CC(O)C#CC#CC(O)C(O)C(O)CCCCCCC. The van der Waals surface area contributed by atoms with Crippen LogP contribution in [0.1, 0.15) is 45.4 Å². The summed E-state index contributed by atoms with van der Waals surface area (Å²) in [6.45, 7) is 5.48. The predicted octanol–water partition coefficient (Wildman–Crippen LogP) is 0.983. The highest BCUT2D eigenvalue weighted by molar-refractivity contribution is 5.30. The van der Waals surface area contributed by atoms with E-state index < -0.39 is 24.4 Å².